The van der Waals surface area contributed by atoms with Gasteiger partial charge in [-0.2, -0.15) is 0 Å². The van der Waals surface area contributed by atoms with Crippen LogP contribution in [0.15, 0.2) is 0 Å². The third-order valence-corrected chi connectivity index (χ3v) is 12.8. The van der Waals surface area contributed by atoms with Crippen LogP contribution in [0.3, 0.4) is 0 Å². The van der Waals surface area contributed by atoms with Crippen molar-refractivity contribution < 1.29 is 0 Å². The first kappa shape index (κ1) is 12.8. The van der Waals surface area contributed by atoms with Crippen LogP contribution in [-0.4, -0.2) is 29.0 Å². The van der Waals surface area contributed by atoms with E-state index in [1.807, 2.05) is 0 Å². The second-order valence-corrected chi connectivity index (χ2v) is 20.5. The molecule has 0 heterocycles. The zero-order valence-corrected chi connectivity index (χ0v) is 13.5. The monoisotopic (exact) mass is 392 g/mol. The van der Waals surface area contributed by atoms with Gasteiger partial charge in [-0.05, 0) is 0 Å². The summed E-state index contributed by atoms with van der Waals surface area (Å²) in [6, 6.07) is 0. The van der Waals surface area contributed by atoms with Gasteiger partial charge in [0.2, 0.25) is 0 Å². The van der Waals surface area contributed by atoms with E-state index < -0.39 is 18.4 Å². The molecule has 0 aromatic heterocycles. The number of hydrogen-bond donors (Lipinski definition) is 0. The van der Waals surface area contributed by atoms with Crippen LogP contribution in [0.2, 0.25) is 18.8 Å². The molecule has 0 aliphatic heterocycles. The van der Waals surface area contributed by atoms with Gasteiger partial charge in [-0.15, -0.1) is 0 Å². The third kappa shape index (κ3) is 8.10. The molecule has 0 atom stereocenters. The molecule has 3 heteroatoms. The number of alkyl halides is 2. The molecular formula is C8H18Br2Sn. The van der Waals surface area contributed by atoms with Gasteiger partial charge in [0.1, 0.15) is 0 Å². The molecule has 0 aliphatic carbocycles. The van der Waals surface area contributed by atoms with E-state index in [4.69, 9.17) is 0 Å². The number of rotatable bonds is 6. The average Bonchev–Trinajstić information content (AvgIpc) is 1.97. The molecule has 0 N–H and O–H groups in total. The van der Waals surface area contributed by atoms with Gasteiger partial charge in [-0.25, -0.2) is 0 Å². The summed E-state index contributed by atoms with van der Waals surface area (Å²) in [5.74, 6) is 0. The number of halogens is 2. The maximum absolute atomic E-state index is 3.49. The Morgan fingerprint density at radius 3 is 1.55 bits per heavy atom. The Hall–Kier alpha value is 1.76. The zero-order valence-electron chi connectivity index (χ0n) is 7.50. The molecule has 0 aliphatic rings. The first-order valence-corrected chi connectivity index (χ1v) is 16.2. The van der Waals surface area contributed by atoms with Crippen molar-refractivity contribution in [1.29, 1.82) is 0 Å². The molecule has 0 aromatic carbocycles. The standard InChI is InChI=1S/2C3H6Br.2CH3.Sn/c2*1-2-3-4;;;/h2*1-3H2;2*1H3;. The zero-order chi connectivity index (χ0) is 8.74. The molecule has 68 valence electrons. The molecule has 0 radical (unpaired) electrons. The summed E-state index contributed by atoms with van der Waals surface area (Å²) in [4.78, 5) is 5.14. The van der Waals surface area contributed by atoms with E-state index in [9.17, 15) is 0 Å². The van der Waals surface area contributed by atoms with Gasteiger partial charge in [0.05, 0.1) is 0 Å². The summed E-state index contributed by atoms with van der Waals surface area (Å²) in [7, 11) is 0. The maximum atomic E-state index is 3.49. The molecule has 0 aromatic rings. The van der Waals surface area contributed by atoms with Gasteiger partial charge >= 0.3 is 92.5 Å². The molecule has 0 nitrogen and oxygen atoms in total. The minimum absolute atomic E-state index is 1.20. The van der Waals surface area contributed by atoms with Crippen molar-refractivity contribution in [3.05, 3.63) is 0 Å². The topological polar surface area (TPSA) is 0 Å². The molecule has 11 heavy (non-hydrogen) atoms. The van der Waals surface area contributed by atoms with Crippen LogP contribution < -0.4 is 0 Å². The summed E-state index contributed by atoms with van der Waals surface area (Å²) >= 11 is 5.49. The molecule has 0 fully saturated rings. The van der Waals surface area contributed by atoms with E-state index in [0.29, 0.717) is 0 Å². The van der Waals surface area contributed by atoms with Gasteiger partial charge < -0.3 is 0 Å². The van der Waals surface area contributed by atoms with Crippen LogP contribution in [0.1, 0.15) is 12.8 Å². The molecule has 0 spiro atoms. The van der Waals surface area contributed by atoms with Gasteiger partial charge in [-0.1, -0.05) is 0 Å². The van der Waals surface area contributed by atoms with Crippen LogP contribution >= 0.6 is 31.9 Å². The van der Waals surface area contributed by atoms with Crippen LogP contribution in [0.25, 0.3) is 0 Å². The summed E-state index contributed by atoms with van der Waals surface area (Å²) in [6.45, 7) is 0. The molecule has 0 saturated carbocycles. The van der Waals surface area contributed by atoms with E-state index >= 15 is 0 Å². The first-order valence-electron chi connectivity index (χ1n) is 4.24. The van der Waals surface area contributed by atoms with Crippen LogP contribution in [-0.2, 0) is 0 Å². The van der Waals surface area contributed by atoms with Crippen LogP contribution in [0, 0.1) is 0 Å². The minimum atomic E-state index is -1.50. The van der Waals surface area contributed by atoms with Crippen molar-refractivity contribution in [3.8, 4) is 0 Å². The molecular weight excluding hydrogens is 375 g/mol. The second-order valence-electron chi connectivity index (χ2n) is 3.75. The predicted octanol–water partition coefficient (Wildman–Crippen LogP) is 4.26. The van der Waals surface area contributed by atoms with Crippen LogP contribution in [0.5, 0.6) is 0 Å². The van der Waals surface area contributed by atoms with Gasteiger partial charge in [0.25, 0.3) is 0 Å². The Balaban J connectivity index is 3.43. The fourth-order valence-corrected chi connectivity index (χ4v) is 11.9. The second kappa shape index (κ2) is 7.19. The van der Waals surface area contributed by atoms with Crippen molar-refractivity contribution in [3.63, 3.8) is 0 Å². The normalized spacial score (nSPS) is 12.0. The summed E-state index contributed by atoms with van der Waals surface area (Å²) in [6.07, 6.45) is 2.79. The van der Waals surface area contributed by atoms with Crippen LogP contribution in [0.4, 0.5) is 0 Å². The van der Waals surface area contributed by atoms with Gasteiger partial charge in [0.15, 0.2) is 0 Å². The fourth-order valence-electron chi connectivity index (χ4n) is 1.22. The molecule has 0 saturated heterocycles. The fraction of sp³-hybridized carbons (Fsp3) is 1.00. The quantitative estimate of drug-likeness (QED) is 0.468. The van der Waals surface area contributed by atoms with Crippen molar-refractivity contribution in [2.24, 2.45) is 0 Å². The first-order chi connectivity index (χ1) is 5.12. The van der Waals surface area contributed by atoms with Crippen molar-refractivity contribution in [2.45, 2.75) is 31.6 Å². The molecule has 0 rings (SSSR count). The SMILES string of the molecule is [CH3][Sn]([CH3])([CH2]CCBr)[CH2]CCBr. The van der Waals surface area contributed by atoms with E-state index in [1.165, 1.54) is 23.5 Å². The van der Waals surface area contributed by atoms with Gasteiger partial charge in [0, 0.05) is 0 Å². The Bertz CT molecular complexity index is 84.1. The van der Waals surface area contributed by atoms with E-state index in [0.717, 1.165) is 0 Å². The average molecular weight is 393 g/mol. The van der Waals surface area contributed by atoms with E-state index in [1.54, 1.807) is 8.87 Å². The third-order valence-electron chi connectivity index (χ3n) is 1.97. The summed E-state index contributed by atoms with van der Waals surface area (Å²) < 4.78 is 3.10. The van der Waals surface area contributed by atoms with Crippen molar-refractivity contribution >= 4 is 50.2 Å². The summed E-state index contributed by atoms with van der Waals surface area (Å²) in [5.41, 5.74) is 0. The van der Waals surface area contributed by atoms with E-state index in [2.05, 4.69) is 41.7 Å². The molecule has 0 amide bonds. The predicted molar refractivity (Wildman–Crippen MR) is 63.9 cm³/mol. The Kier molecular flexibility index (Phi) is 8.34. The van der Waals surface area contributed by atoms with Crippen molar-refractivity contribution in [2.75, 3.05) is 10.7 Å². The summed E-state index contributed by atoms with van der Waals surface area (Å²) in [5, 5.41) is 2.39. The Labute approximate surface area is 91.6 Å². The number of hydrogen-bond acceptors (Lipinski definition) is 0. The Morgan fingerprint density at radius 2 is 1.27 bits per heavy atom. The van der Waals surface area contributed by atoms with E-state index in [-0.39, 0.29) is 0 Å². The Morgan fingerprint density at radius 1 is 0.909 bits per heavy atom. The molecule has 0 unspecified atom stereocenters. The van der Waals surface area contributed by atoms with Crippen molar-refractivity contribution in [1.82, 2.24) is 0 Å². The molecule has 0 bridgehead atoms. The van der Waals surface area contributed by atoms with Gasteiger partial charge in [-0.3, -0.25) is 0 Å².